The fourth-order valence-electron chi connectivity index (χ4n) is 4.45. The van der Waals surface area contributed by atoms with Crippen molar-refractivity contribution in [2.24, 2.45) is 16.7 Å². The third-order valence-electron chi connectivity index (χ3n) is 5.58. The van der Waals surface area contributed by atoms with E-state index in [0.29, 0.717) is 16.1 Å². The lowest BCUT2D eigenvalue weighted by molar-refractivity contribution is 0.155. The van der Waals surface area contributed by atoms with Gasteiger partial charge in [0.05, 0.1) is 10.2 Å². The number of nitrogens with one attached hydrogen (secondary N) is 1. The molecular formula is C16H20BrF2N. The molecule has 0 radical (unpaired) electrons. The summed E-state index contributed by atoms with van der Waals surface area (Å²) in [6, 6.07) is 2.67. The maximum atomic E-state index is 14.0. The van der Waals surface area contributed by atoms with Gasteiger partial charge in [-0.05, 0) is 58.0 Å². The lowest BCUT2D eigenvalue weighted by Crippen LogP contribution is -2.46. The number of hydrogen-bond donors (Lipinski definition) is 1. The van der Waals surface area contributed by atoms with Gasteiger partial charge in [0, 0.05) is 12.1 Å². The van der Waals surface area contributed by atoms with E-state index in [-0.39, 0.29) is 16.9 Å². The Bertz CT molecular complexity index is 553. The first kappa shape index (κ1) is 14.3. The summed E-state index contributed by atoms with van der Waals surface area (Å²) in [5, 5.41) is 3.37. The third-order valence-corrected chi connectivity index (χ3v) is 6.19. The van der Waals surface area contributed by atoms with E-state index in [2.05, 4.69) is 42.0 Å². The number of rotatable bonds is 2. The number of halogens is 3. The van der Waals surface area contributed by atoms with Gasteiger partial charge in [-0.15, -0.1) is 0 Å². The van der Waals surface area contributed by atoms with Gasteiger partial charge >= 0.3 is 0 Å². The van der Waals surface area contributed by atoms with Crippen LogP contribution < -0.4 is 5.32 Å². The highest BCUT2D eigenvalue weighted by Gasteiger charge is 2.59. The van der Waals surface area contributed by atoms with Gasteiger partial charge in [-0.25, -0.2) is 8.78 Å². The Morgan fingerprint density at radius 1 is 1.20 bits per heavy atom. The van der Waals surface area contributed by atoms with Crippen LogP contribution in [0.4, 0.5) is 14.5 Å². The lowest BCUT2D eigenvalue weighted by Gasteiger charge is -2.43. The molecule has 2 bridgehead atoms. The van der Waals surface area contributed by atoms with Gasteiger partial charge in [-0.3, -0.25) is 0 Å². The van der Waals surface area contributed by atoms with Gasteiger partial charge in [0.25, 0.3) is 0 Å². The van der Waals surface area contributed by atoms with Crippen molar-refractivity contribution in [3.63, 3.8) is 0 Å². The Labute approximate surface area is 127 Å². The van der Waals surface area contributed by atoms with Gasteiger partial charge in [0.15, 0.2) is 0 Å². The zero-order valence-electron chi connectivity index (χ0n) is 12.1. The molecular weight excluding hydrogens is 324 g/mol. The summed E-state index contributed by atoms with van der Waals surface area (Å²) in [5.41, 5.74) is 0.743. The molecule has 4 heteroatoms. The van der Waals surface area contributed by atoms with Crippen LogP contribution >= 0.6 is 15.9 Å². The molecule has 3 rings (SSSR count). The first-order chi connectivity index (χ1) is 9.24. The largest absolute Gasteiger partial charge is 0.379 e. The van der Waals surface area contributed by atoms with Crippen LogP contribution in [0.1, 0.15) is 40.0 Å². The Kier molecular flexibility index (Phi) is 3.16. The molecule has 0 aliphatic heterocycles. The Morgan fingerprint density at radius 2 is 1.90 bits per heavy atom. The van der Waals surface area contributed by atoms with Crippen molar-refractivity contribution in [2.45, 2.75) is 46.1 Å². The summed E-state index contributed by atoms with van der Waals surface area (Å²) in [4.78, 5) is 0. The minimum absolute atomic E-state index is 0.139. The van der Waals surface area contributed by atoms with Crippen molar-refractivity contribution in [1.82, 2.24) is 0 Å². The number of hydrogen-bond acceptors (Lipinski definition) is 1. The molecule has 2 saturated carbocycles. The molecule has 2 aliphatic carbocycles. The van der Waals surface area contributed by atoms with Crippen molar-refractivity contribution in [1.29, 1.82) is 0 Å². The van der Waals surface area contributed by atoms with Crippen molar-refractivity contribution in [3.8, 4) is 0 Å². The average Bonchev–Trinajstić information content (AvgIpc) is 2.82. The molecule has 110 valence electrons. The predicted molar refractivity (Wildman–Crippen MR) is 80.7 cm³/mol. The van der Waals surface area contributed by atoms with Gasteiger partial charge in [0.2, 0.25) is 0 Å². The van der Waals surface area contributed by atoms with E-state index >= 15 is 0 Å². The molecule has 0 aromatic heterocycles. The third kappa shape index (κ3) is 1.99. The van der Waals surface area contributed by atoms with Crippen LogP contribution in [0.3, 0.4) is 0 Å². The van der Waals surface area contributed by atoms with Gasteiger partial charge in [-0.1, -0.05) is 20.8 Å². The van der Waals surface area contributed by atoms with Crippen LogP contribution in [-0.2, 0) is 0 Å². The van der Waals surface area contributed by atoms with E-state index < -0.39 is 11.6 Å². The normalized spacial score (nSPS) is 34.5. The fourth-order valence-corrected chi connectivity index (χ4v) is 4.79. The standard InChI is InChI=1S/C16H20BrF2N/c1-15(2)9-4-5-16(3,8-9)14(15)20-13-6-10(17)11(18)7-12(13)19/h6-7,9,14,20H,4-5,8H2,1-3H3. The van der Waals surface area contributed by atoms with Crippen molar-refractivity contribution in [2.75, 3.05) is 5.32 Å². The minimum atomic E-state index is -0.563. The highest BCUT2D eigenvalue weighted by molar-refractivity contribution is 9.10. The Hall–Kier alpha value is -0.640. The van der Waals surface area contributed by atoms with E-state index in [0.717, 1.165) is 6.07 Å². The molecule has 0 spiro atoms. The topological polar surface area (TPSA) is 12.0 Å². The lowest BCUT2D eigenvalue weighted by atomic mass is 9.68. The summed E-state index contributed by atoms with van der Waals surface area (Å²) in [6.07, 6.45) is 3.64. The molecule has 20 heavy (non-hydrogen) atoms. The zero-order chi connectivity index (χ0) is 14.7. The minimum Gasteiger partial charge on any atom is -0.379 e. The van der Waals surface area contributed by atoms with Gasteiger partial charge in [0.1, 0.15) is 11.6 Å². The average molecular weight is 344 g/mol. The summed E-state index contributed by atoms with van der Waals surface area (Å²) < 4.78 is 27.6. The molecule has 1 N–H and O–H groups in total. The molecule has 2 fully saturated rings. The SMILES string of the molecule is CC12CCC(C1)C(C)(C)C2Nc1cc(Br)c(F)cc1F. The maximum absolute atomic E-state index is 14.0. The maximum Gasteiger partial charge on any atom is 0.149 e. The molecule has 0 heterocycles. The van der Waals surface area contributed by atoms with Crippen molar-refractivity contribution in [3.05, 3.63) is 28.2 Å². The second kappa shape index (κ2) is 4.43. The van der Waals surface area contributed by atoms with Gasteiger partial charge < -0.3 is 5.32 Å². The molecule has 3 unspecified atom stereocenters. The van der Waals surface area contributed by atoms with E-state index in [1.54, 1.807) is 0 Å². The van der Waals surface area contributed by atoms with Crippen LogP contribution in [0.2, 0.25) is 0 Å². The monoisotopic (exact) mass is 343 g/mol. The van der Waals surface area contributed by atoms with Crippen molar-refractivity contribution < 1.29 is 8.78 Å². The second-order valence-electron chi connectivity index (χ2n) is 7.24. The second-order valence-corrected chi connectivity index (χ2v) is 8.09. The summed E-state index contributed by atoms with van der Waals surface area (Å²) >= 11 is 3.13. The Balaban J connectivity index is 1.93. The molecule has 1 aromatic carbocycles. The molecule has 1 aromatic rings. The van der Waals surface area contributed by atoms with E-state index in [9.17, 15) is 8.78 Å². The molecule has 0 amide bonds. The molecule has 2 aliphatic rings. The smallest absolute Gasteiger partial charge is 0.149 e. The van der Waals surface area contributed by atoms with Crippen LogP contribution in [0.15, 0.2) is 16.6 Å². The quantitative estimate of drug-likeness (QED) is 0.713. The number of fused-ring (bicyclic) bond motifs is 2. The van der Waals surface area contributed by atoms with Crippen LogP contribution in [0.25, 0.3) is 0 Å². The van der Waals surface area contributed by atoms with Crippen LogP contribution in [-0.4, -0.2) is 6.04 Å². The highest BCUT2D eigenvalue weighted by Crippen LogP contribution is 2.63. The van der Waals surface area contributed by atoms with E-state index in [4.69, 9.17) is 0 Å². The molecule has 1 nitrogen and oxygen atoms in total. The number of anilines is 1. The van der Waals surface area contributed by atoms with Crippen LogP contribution in [0, 0.1) is 28.4 Å². The first-order valence-electron chi connectivity index (χ1n) is 7.15. The van der Waals surface area contributed by atoms with E-state index in [1.165, 1.54) is 25.3 Å². The zero-order valence-corrected chi connectivity index (χ0v) is 13.7. The predicted octanol–water partition coefficient (Wildman–Crippen LogP) is 5.35. The summed E-state index contributed by atoms with van der Waals surface area (Å²) in [6.45, 7) is 6.81. The highest BCUT2D eigenvalue weighted by atomic mass is 79.9. The molecule has 0 saturated heterocycles. The van der Waals surface area contributed by atoms with Crippen LogP contribution in [0.5, 0.6) is 0 Å². The summed E-state index contributed by atoms with van der Waals surface area (Å²) in [5.74, 6) is -0.392. The van der Waals surface area contributed by atoms with Gasteiger partial charge in [-0.2, -0.15) is 0 Å². The Morgan fingerprint density at radius 3 is 2.50 bits per heavy atom. The number of benzene rings is 1. The summed E-state index contributed by atoms with van der Waals surface area (Å²) in [7, 11) is 0. The fraction of sp³-hybridized carbons (Fsp3) is 0.625. The van der Waals surface area contributed by atoms with E-state index in [1.807, 2.05) is 0 Å². The van der Waals surface area contributed by atoms with Crippen molar-refractivity contribution >= 4 is 21.6 Å². The first-order valence-corrected chi connectivity index (χ1v) is 7.94. The molecule has 3 atom stereocenters.